The number of nitrogens with one attached hydrogen (secondary N) is 1. The van der Waals surface area contributed by atoms with Crippen molar-refractivity contribution >= 4 is 44.7 Å². The third-order valence-corrected chi connectivity index (χ3v) is 5.82. The monoisotopic (exact) mass is 443 g/mol. The first-order valence-corrected chi connectivity index (χ1v) is 10.2. The number of para-hydroxylation sites is 1. The summed E-state index contributed by atoms with van der Waals surface area (Å²) in [5.74, 6) is -1.06. The lowest BCUT2D eigenvalue weighted by Crippen LogP contribution is -2.40. The molecule has 0 fully saturated rings. The second-order valence-electron chi connectivity index (χ2n) is 6.60. The maximum atomic E-state index is 13.2. The van der Waals surface area contributed by atoms with E-state index in [1.807, 2.05) is 6.07 Å². The van der Waals surface area contributed by atoms with Gasteiger partial charge in [-0.25, -0.2) is 13.8 Å². The number of carbonyl (C=O) groups excluding carboxylic acids is 1. The average Bonchev–Trinajstić information content (AvgIpc) is 3.19. The quantitative estimate of drug-likeness (QED) is 0.519. The van der Waals surface area contributed by atoms with Gasteiger partial charge in [0.15, 0.2) is 0 Å². The Morgan fingerprint density at radius 1 is 1.17 bits per heavy atom. The Morgan fingerprint density at radius 3 is 2.67 bits per heavy atom. The maximum absolute atomic E-state index is 13.2. The molecule has 0 aliphatic carbocycles. The molecule has 2 aromatic carbocycles. The molecular formula is C21H15ClFN3O3S. The summed E-state index contributed by atoms with van der Waals surface area (Å²) in [7, 11) is 0. The Labute approximate surface area is 178 Å². The Bertz CT molecular complexity index is 1410. The molecule has 1 N–H and O–H groups in total. The van der Waals surface area contributed by atoms with Gasteiger partial charge in [-0.05, 0) is 48.2 Å². The van der Waals surface area contributed by atoms with E-state index in [0.717, 1.165) is 16.2 Å². The topological polar surface area (TPSA) is 73.1 Å². The Balaban J connectivity index is 1.80. The number of aryl methyl sites for hydroxylation is 1. The molecule has 2 heterocycles. The lowest BCUT2D eigenvalue weighted by atomic mass is 10.2. The van der Waals surface area contributed by atoms with Gasteiger partial charge in [-0.15, -0.1) is 11.3 Å². The third kappa shape index (κ3) is 3.55. The van der Waals surface area contributed by atoms with Crippen molar-refractivity contribution in [2.75, 3.05) is 5.32 Å². The number of halogens is 2. The number of amides is 1. The number of rotatable bonds is 4. The number of anilines is 1. The summed E-state index contributed by atoms with van der Waals surface area (Å²) >= 11 is 7.16. The number of hydrogen-bond donors (Lipinski definition) is 1. The molecule has 2 aromatic heterocycles. The first kappa shape index (κ1) is 20.1. The normalized spacial score (nSPS) is 11.0. The van der Waals surface area contributed by atoms with Gasteiger partial charge < -0.3 is 5.32 Å². The molecule has 0 radical (unpaired) electrons. The van der Waals surface area contributed by atoms with Crippen molar-refractivity contribution in [1.82, 2.24) is 9.13 Å². The molecule has 30 heavy (non-hydrogen) atoms. The van der Waals surface area contributed by atoms with Crippen LogP contribution >= 0.6 is 22.9 Å². The van der Waals surface area contributed by atoms with Gasteiger partial charge >= 0.3 is 5.69 Å². The number of hydrogen-bond acceptors (Lipinski definition) is 4. The van der Waals surface area contributed by atoms with Crippen molar-refractivity contribution in [1.29, 1.82) is 0 Å². The predicted octanol–water partition coefficient (Wildman–Crippen LogP) is 3.95. The van der Waals surface area contributed by atoms with Crippen molar-refractivity contribution in [2.24, 2.45) is 0 Å². The van der Waals surface area contributed by atoms with E-state index in [1.54, 1.807) is 36.6 Å². The van der Waals surface area contributed by atoms with E-state index < -0.39 is 23.0 Å². The van der Waals surface area contributed by atoms with E-state index in [-0.39, 0.29) is 17.3 Å². The minimum Gasteiger partial charge on any atom is -0.323 e. The van der Waals surface area contributed by atoms with Crippen molar-refractivity contribution in [3.05, 3.63) is 91.2 Å². The van der Waals surface area contributed by atoms with E-state index >= 15 is 0 Å². The van der Waals surface area contributed by atoms with Crippen molar-refractivity contribution in [3.8, 4) is 5.69 Å². The highest BCUT2D eigenvalue weighted by molar-refractivity contribution is 7.17. The molecule has 4 aromatic rings. The van der Waals surface area contributed by atoms with E-state index in [0.29, 0.717) is 15.9 Å². The average molecular weight is 444 g/mol. The number of fused-ring (bicyclic) bond motifs is 1. The molecule has 1 amide bonds. The van der Waals surface area contributed by atoms with Gasteiger partial charge in [0.2, 0.25) is 5.91 Å². The largest absolute Gasteiger partial charge is 0.336 e. The zero-order valence-corrected chi connectivity index (χ0v) is 17.3. The van der Waals surface area contributed by atoms with E-state index in [1.165, 1.54) is 28.0 Å². The van der Waals surface area contributed by atoms with E-state index in [2.05, 4.69) is 5.32 Å². The van der Waals surface area contributed by atoms with Gasteiger partial charge in [0, 0.05) is 0 Å². The second kappa shape index (κ2) is 7.89. The number of benzene rings is 2. The van der Waals surface area contributed by atoms with Crippen LogP contribution < -0.4 is 16.6 Å². The van der Waals surface area contributed by atoms with Gasteiger partial charge in [0.05, 0.1) is 21.9 Å². The molecular weight excluding hydrogens is 429 g/mol. The second-order valence-corrected chi connectivity index (χ2v) is 7.93. The first-order valence-electron chi connectivity index (χ1n) is 8.91. The minimum absolute atomic E-state index is 0.0428. The highest BCUT2D eigenvalue weighted by Gasteiger charge is 2.18. The van der Waals surface area contributed by atoms with Crippen LogP contribution in [0.25, 0.3) is 15.9 Å². The molecule has 0 saturated heterocycles. The van der Waals surface area contributed by atoms with Crippen LogP contribution in [0, 0.1) is 12.7 Å². The predicted molar refractivity (Wildman–Crippen MR) is 116 cm³/mol. The maximum Gasteiger partial charge on any atom is 0.336 e. The zero-order valence-electron chi connectivity index (χ0n) is 15.7. The number of thiophene rings is 1. The molecule has 0 aliphatic heterocycles. The summed E-state index contributed by atoms with van der Waals surface area (Å²) in [5, 5.41) is 4.31. The summed E-state index contributed by atoms with van der Waals surface area (Å²) in [5.41, 5.74) is 0.753. The molecule has 0 bridgehead atoms. The number of carbonyl (C=O) groups is 1. The van der Waals surface area contributed by atoms with Crippen LogP contribution in [0.1, 0.15) is 5.56 Å². The molecule has 0 atom stereocenters. The summed E-state index contributed by atoms with van der Waals surface area (Å²) < 4.78 is 15.9. The SMILES string of the molecule is Cc1ccccc1-n1c(=O)c2sccc2n(CC(=O)Nc2ccc(F)cc2Cl)c1=O. The molecule has 4 rings (SSSR count). The van der Waals surface area contributed by atoms with E-state index in [4.69, 9.17) is 11.6 Å². The van der Waals surface area contributed by atoms with Crippen LogP contribution in [0.2, 0.25) is 5.02 Å². The highest BCUT2D eigenvalue weighted by Crippen LogP contribution is 2.23. The fourth-order valence-electron chi connectivity index (χ4n) is 3.19. The lowest BCUT2D eigenvalue weighted by molar-refractivity contribution is -0.116. The standard InChI is InChI=1S/C21H15ClFN3O3S/c1-12-4-2-3-5-16(12)26-20(28)19-17(8-9-30-19)25(21(26)29)11-18(27)24-15-7-6-13(23)10-14(15)22/h2-10H,11H2,1H3,(H,24,27). The summed E-state index contributed by atoms with van der Waals surface area (Å²) in [4.78, 5) is 38.8. The summed E-state index contributed by atoms with van der Waals surface area (Å²) in [6.07, 6.45) is 0. The van der Waals surface area contributed by atoms with Crippen molar-refractivity contribution in [2.45, 2.75) is 13.5 Å². The van der Waals surface area contributed by atoms with E-state index in [9.17, 15) is 18.8 Å². The molecule has 0 aliphatic rings. The van der Waals surface area contributed by atoms with Crippen molar-refractivity contribution < 1.29 is 9.18 Å². The molecule has 6 nitrogen and oxygen atoms in total. The number of nitrogens with zero attached hydrogens (tertiary/aromatic N) is 2. The van der Waals surface area contributed by atoms with Gasteiger partial charge in [-0.1, -0.05) is 29.8 Å². The van der Waals surface area contributed by atoms with Crippen LogP contribution in [0.4, 0.5) is 10.1 Å². The smallest absolute Gasteiger partial charge is 0.323 e. The first-order chi connectivity index (χ1) is 14.4. The summed E-state index contributed by atoms with van der Waals surface area (Å²) in [6, 6.07) is 12.2. The molecule has 0 saturated carbocycles. The summed E-state index contributed by atoms with van der Waals surface area (Å²) in [6.45, 7) is 1.46. The van der Waals surface area contributed by atoms with Crippen LogP contribution in [0.3, 0.4) is 0 Å². The molecule has 9 heteroatoms. The molecule has 152 valence electrons. The van der Waals surface area contributed by atoms with Gasteiger partial charge in [-0.3, -0.25) is 14.2 Å². The van der Waals surface area contributed by atoms with Crippen molar-refractivity contribution in [3.63, 3.8) is 0 Å². The highest BCUT2D eigenvalue weighted by atomic mass is 35.5. The molecule has 0 unspecified atom stereocenters. The Hall–Kier alpha value is -3.23. The van der Waals surface area contributed by atoms with Crippen LogP contribution in [0.15, 0.2) is 63.5 Å². The van der Waals surface area contributed by atoms with Crippen LogP contribution in [-0.2, 0) is 11.3 Å². The zero-order chi connectivity index (χ0) is 21.4. The third-order valence-electron chi connectivity index (χ3n) is 4.62. The molecule has 0 spiro atoms. The van der Waals surface area contributed by atoms with Gasteiger partial charge in [0.25, 0.3) is 5.56 Å². The van der Waals surface area contributed by atoms with Crippen LogP contribution in [-0.4, -0.2) is 15.0 Å². The van der Waals surface area contributed by atoms with Gasteiger partial charge in [0.1, 0.15) is 17.1 Å². The Morgan fingerprint density at radius 2 is 1.93 bits per heavy atom. The Kier molecular flexibility index (Phi) is 5.27. The van der Waals surface area contributed by atoms with Crippen LogP contribution in [0.5, 0.6) is 0 Å². The fourth-order valence-corrected chi connectivity index (χ4v) is 4.23. The number of aromatic nitrogens is 2. The minimum atomic E-state index is -0.624. The van der Waals surface area contributed by atoms with Gasteiger partial charge in [-0.2, -0.15) is 0 Å². The lowest BCUT2D eigenvalue weighted by Gasteiger charge is -2.14. The fraction of sp³-hybridized carbons (Fsp3) is 0.0952.